The first-order valence-electron chi connectivity index (χ1n) is 10.3. The van der Waals surface area contributed by atoms with Crippen LogP contribution in [0.2, 0.25) is 5.02 Å². The van der Waals surface area contributed by atoms with Crippen molar-refractivity contribution in [3.05, 3.63) is 110 Å². The van der Waals surface area contributed by atoms with E-state index >= 15 is 0 Å². The van der Waals surface area contributed by atoms with Gasteiger partial charge in [-0.1, -0.05) is 48.0 Å². The van der Waals surface area contributed by atoms with E-state index in [0.29, 0.717) is 22.5 Å². The average molecular weight is 464 g/mol. The summed E-state index contributed by atoms with van der Waals surface area (Å²) in [6, 6.07) is 21.0. The number of benzene rings is 3. The van der Waals surface area contributed by atoms with Crippen LogP contribution < -0.4 is 21.3 Å². The monoisotopic (exact) mass is 463 g/mol. The second-order valence-corrected chi connectivity index (χ2v) is 7.96. The number of rotatable bonds is 7. The molecule has 0 atom stereocenters. The Morgan fingerprint density at radius 2 is 1.58 bits per heavy atom. The fourth-order valence-electron chi connectivity index (χ4n) is 3.58. The van der Waals surface area contributed by atoms with E-state index in [1.54, 1.807) is 55.6 Å². The Bertz CT molecular complexity index is 1410. The molecule has 1 heterocycles. The predicted octanol–water partition coefficient (Wildman–Crippen LogP) is 3.19. The van der Waals surface area contributed by atoms with Crippen molar-refractivity contribution < 1.29 is 9.53 Å². The molecule has 1 aromatic heterocycles. The molecule has 168 valence electrons. The fourth-order valence-corrected chi connectivity index (χ4v) is 3.71. The quantitative estimate of drug-likeness (QED) is 0.456. The van der Waals surface area contributed by atoms with Crippen LogP contribution in [0.5, 0.6) is 5.75 Å². The number of fused-ring (bicyclic) bond motifs is 1. The van der Waals surface area contributed by atoms with Gasteiger partial charge in [-0.3, -0.25) is 18.7 Å². The molecule has 0 radical (unpaired) electrons. The summed E-state index contributed by atoms with van der Waals surface area (Å²) < 4.78 is 7.61. The van der Waals surface area contributed by atoms with E-state index in [0.717, 1.165) is 21.4 Å². The third kappa shape index (κ3) is 4.99. The molecular formula is C25H22ClN3O4. The third-order valence-electron chi connectivity index (χ3n) is 5.34. The summed E-state index contributed by atoms with van der Waals surface area (Å²) in [4.78, 5) is 39.0. The van der Waals surface area contributed by atoms with E-state index in [4.69, 9.17) is 16.3 Å². The standard InChI is InChI=1S/C25H22ClN3O4/c1-33-20-12-8-17(9-13-20)14-27-23(30)16-28-22-5-3-2-4-21(22)24(31)29(25(28)32)15-18-6-10-19(26)11-7-18/h2-13H,14-16H2,1H3,(H,27,30). The lowest BCUT2D eigenvalue weighted by Gasteiger charge is -2.14. The van der Waals surface area contributed by atoms with Gasteiger partial charge in [-0.15, -0.1) is 0 Å². The molecule has 0 fully saturated rings. The first-order valence-corrected chi connectivity index (χ1v) is 10.7. The van der Waals surface area contributed by atoms with Gasteiger partial charge in [0.1, 0.15) is 12.3 Å². The second-order valence-electron chi connectivity index (χ2n) is 7.53. The number of carbonyl (C=O) groups excluding carboxylic acids is 1. The normalized spacial score (nSPS) is 10.8. The van der Waals surface area contributed by atoms with Gasteiger partial charge in [-0.2, -0.15) is 0 Å². The lowest BCUT2D eigenvalue weighted by molar-refractivity contribution is -0.121. The average Bonchev–Trinajstić information content (AvgIpc) is 2.84. The molecule has 3 aromatic carbocycles. The number of nitrogens with zero attached hydrogens (tertiary/aromatic N) is 2. The topological polar surface area (TPSA) is 82.3 Å². The van der Waals surface area contributed by atoms with E-state index in [9.17, 15) is 14.4 Å². The summed E-state index contributed by atoms with van der Waals surface area (Å²) in [7, 11) is 1.59. The molecule has 4 rings (SSSR count). The smallest absolute Gasteiger partial charge is 0.332 e. The van der Waals surface area contributed by atoms with Crippen LogP contribution in [-0.2, 0) is 24.4 Å². The number of hydrogen-bond acceptors (Lipinski definition) is 4. The van der Waals surface area contributed by atoms with Gasteiger partial charge in [0.05, 0.1) is 24.6 Å². The van der Waals surface area contributed by atoms with Gasteiger partial charge in [-0.25, -0.2) is 4.79 Å². The highest BCUT2D eigenvalue weighted by atomic mass is 35.5. The summed E-state index contributed by atoms with van der Waals surface area (Å²) in [6.45, 7) is 0.170. The first-order chi connectivity index (χ1) is 16.0. The highest BCUT2D eigenvalue weighted by molar-refractivity contribution is 6.30. The number of halogens is 1. The number of aromatic nitrogens is 2. The Morgan fingerprint density at radius 3 is 2.27 bits per heavy atom. The van der Waals surface area contributed by atoms with E-state index < -0.39 is 11.2 Å². The highest BCUT2D eigenvalue weighted by Crippen LogP contribution is 2.12. The Morgan fingerprint density at radius 1 is 0.909 bits per heavy atom. The van der Waals surface area contributed by atoms with Crippen LogP contribution in [0.4, 0.5) is 0 Å². The third-order valence-corrected chi connectivity index (χ3v) is 5.59. The van der Waals surface area contributed by atoms with E-state index in [1.807, 2.05) is 24.3 Å². The highest BCUT2D eigenvalue weighted by Gasteiger charge is 2.15. The summed E-state index contributed by atoms with van der Waals surface area (Å²) >= 11 is 5.94. The summed E-state index contributed by atoms with van der Waals surface area (Å²) in [5.74, 6) is 0.390. The zero-order chi connectivity index (χ0) is 23.4. The molecule has 1 N–H and O–H groups in total. The van der Waals surface area contributed by atoms with Crippen LogP contribution in [0.3, 0.4) is 0 Å². The molecule has 0 aliphatic heterocycles. The first kappa shape index (κ1) is 22.4. The summed E-state index contributed by atoms with van der Waals surface area (Å²) in [6.07, 6.45) is 0. The van der Waals surface area contributed by atoms with Gasteiger partial charge in [0.2, 0.25) is 5.91 Å². The Labute approximate surface area is 194 Å². The van der Waals surface area contributed by atoms with E-state index in [-0.39, 0.29) is 19.0 Å². The number of amides is 1. The molecule has 7 nitrogen and oxygen atoms in total. The number of methoxy groups -OCH3 is 1. The zero-order valence-electron chi connectivity index (χ0n) is 18.0. The molecule has 8 heteroatoms. The summed E-state index contributed by atoms with van der Waals surface area (Å²) in [5.41, 5.74) is 1.12. The van der Waals surface area contributed by atoms with Gasteiger partial charge >= 0.3 is 5.69 Å². The van der Waals surface area contributed by atoms with Gasteiger partial charge in [0.25, 0.3) is 5.56 Å². The van der Waals surface area contributed by atoms with E-state index in [1.165, 1.54) is 4.57 Å². The number of ether oxygens (including phenoxy) is 1. The van der Waals surface area contributed by atoms with Crippen LogP contribution in [0.25, 0.3) is 10.9 Å². The van der Waals surface area contributed by atoms with Gasteiger partial charge in [0, 0.05) is 11.6 Å². The molecule has 1 amide bonds. The lowest BCUT2D eigenvalue weighted by atomic mass is 10.2. The van der Waals surface area contributed by atoms with Crippen molar-refractivity contribution in [2.24, 2.45) is 0 Å². The molecule has 33 heavy (non-hydrogen) atoms. The molecule has 0 aliphatic carbocycles. The molecule has 4 aromatic rings. The van der Waals surface area contributed by atoms with Crippen molar-refractivity contribution in [1.29, 1.82) is 0 Å². The molecule has 0 spiro atoms. The molecule has 0 bridgehead atoms. The van der Waals surface area contributed by atoms with Gasteiger partial charge in [0.15, 0.2) is 0 Å². The largest absolute Gasteiger partial charge is 0.497 e. The minimum absolute atomic E-state index is 0.0765. The molecule has 0 unspecified atom stereocenters. The van der Waals surface area contributed by atoms with Crippen LogP contribution in [-0.4, -0.2) is 22.2 Å². The SMILES string of the molecule is COc1ccc(CNC(=O)Cn2c(=O)n(Cc3ccc(Cl)cc3)c(=O)c3ccccc32)cc1. The minimum atomic E-state index is -0.548. The minimum Gasteiger partial charge on any atom is -0.497 e. The van der Waals surface area contributed by atoms with Crippen LogP contribution in [0, 0.1) is 0 Å². The van der Waals surface area contributed by atoms with E-state index in [2.05, 4.69) is 5.32 Å². The van der Waals surface area contributed by atoms with Crippen molar-refractivity contribution >= 4 is 28.4 Å². The van der Waals surface area contributed by atoms with Gasteiger partial charge in [-0.05, 0) is 47.5 Å². The molecular weight excluding hydrogens is 442 g/mol. The second kappa shape index (κ2) is 9.75. The number of carbonyl (C=O) groups is 1. The van der Waals surface area contributed by atoms with Crippen molar-refractivity contribution in [2.45, 2.75) is 19.6 Å². The molecule has 0 saturated heterocycles. The summed E-state index contributed by atoms with van der Waals surface area (Å²) in [5, 5.41) is 3.76. The van der Waals surface area contributed by atoms with Crippen LogP contribution >= 0.6 is 11.6 Å². The lowest BCUT2D eigenvalue weighted by Crippen LogP contribution is -2.42. The number of hydrogen-bond donors (Lipinski definition) is 1. The van der Waals surface area contributed by atoms with Crippen LogP contribution in [0.15, 0.2) is 82.4 Å². The van der Waals surface area contributed by atoms with Crippen molar-refractivity contribution in [3.63, 3.8) is 0 Å². The number of nitrogens with one attached hydrogen (secondary N) is 1. The van der Waals surface area contributed by atoms with Crippen molar-refractivity contribution in [2.75, 3.05) is 7.11 Å². The molecule has 0 saturated carbocycles. The van der Waals surface area contributed by atoms with Crippen molar-refractivity contribution in [1.82, 2.24) is 14.5 Å². The maximum Gasteiger partial charge on any atom is 0.332 e. The van der Waals surface area contributed by atoms with Crippen molar-refractivity contribution in [3.8, 4) is 5.75 Å². The molecule has 0 aliphatic rings. The Kier molecular flexibility index (Phi) is 6.60. The van der Waals surface area contributed by atoms with Gasteiger partial charge < -0.3 is 10.1 Å². The Hall–Kier alpha value is -3.84. The Balaban J connectivity index is 1.63. The predicted molar refractivity (Wildman–Crippen MR) is 128 cm³/mol. The van der Waals surface area contributed by atoms with Crippen LogP contribution in [0.1, 0.15) is 11.1 Å². The maximum absolute atomic E-state index is 13.3. The number of para-hydroxylation sites is 1. The zero-order valence-corrected chi connectivity index (χ0v) is 18.7. The maximum atomic E-state index is 13.3. The fraction of sp³-hybridized carbons (Fsp3) is 0.160.